The van der Waals surface area contributed by atoms with Crippen molar-refractivity contribution in [2.24, 2.45) is 0 Å². The Morgan fingerprint density at radius 1 is 0.286 bits per heavy atom. The standard InChI is InChI=1S/C40H22N8O8/c49-45(50)29-11-1-23(2-12-29)37-39(25-5-15-31(16-6-25)47(53)54)43-35-21-27(9-19-33(35)41-37)28-10-20-34-36(22-28)44-40(26-7-17-32(18-8-26)48(55)56)38(42-34)24-3-13-30(14-4-24)46(51)52/h1-22H. The monoisotopic (exact) mass is 742 g/mol. The van der Waals surface area contributed by atoms with Gasteiger partial charge in [-0.3, -0.25) is 40.5 Å². The number of benzene rings is 6. The van der Waals surface area contributed by atoms with Crippen LogP contribution in [0.3, 0.4) is 0 Å². The van der Waals surface area contributed by atoms with Gasteiger partial charge in [0.15, 0.2) is 0 Å². The average Bonchev–Trinajstić information content (AvgIpc) is 3.22. The molecule has 16 heteroatoms. The lowest BCUT2D eigenvalue weighted by Crippen LogP contribution is -1.98. The normalized spacial score (nSPS) is 11.1. The van der Waals surface area contributed by atoms with E-state index in [0.29, 0.717) is 67.1 Å². The molecule has 0 radical (unpaired) electrons. The van der Waals surface area contributed by atoms with Crippen molar-refractivity contribution in [3.05, 3.63) is 174 Å². The highest BCUT2D eigenvalue weighted by atomic mass is 16.6. The van der Waals surface area contributed by atoms with Crippen LogP contribution < -0.4 is 0 Å². The molecule has 0 N–H and O–H groups in total. The van der Waals surface area contributed by atoms with Crippen LogP contribution in [0.2, 0.25) is 0 Å². The van der Waals surface area contributed by atoms with Gasteiger partial charge in [-0.2, -0.15) is 0 Å². The predicted octanol–water partition coefficient (Wildman–Crippen LogP) is 9.54. The van der Waals surface area contributed by atoms with Crippen LogP contribution >= 0.6 is 0 Å². The summed E-state index contributed by atoms with van der Waals surface area (Å²) in [5, 5.41) is 45.3. The highest BCUT2D eigenvalue weighted by Crippen LogP contribution is 2.36. The predicted molar refractivity (Wildman–Crippen MR) is 206 cm³/mol. The molecule has 8 aromatic rings. The summed E-state index contributed by atoms with van der Waals surface area (Å²) >= 11 is 0. The molecule has 6 aromatic carbocycles. The molecule has 2 aromatic heterocycles. The number of nitro benzene ring substituents is 4. The van der Waals surface area contributed by atoms with E-state index in [0.717, 1.165) is 11.1 Å². The third-order valence-electron chi connectivity index (χ3n) is 9.07. The molecule has 0 spiro atoms. The van der Waals surface area contributed by atoms with Crippen molar-refractivity contribution >= 4 is 44.8 Å². The lowest BCUT2D eigenvalue weighted by Gasteiger charge is -2.13. The van der Waals surface area contributed by atoms with Crippen LogP contribution in [-0.2, 0) is 0 Å². The highest BCUT2D eigenvalue weighted by molar-refractivity contribution is 5.92. The summed E-state index contributed by atoms with van der Waals surface area (Å²) in [5.41, 5.74) is 7.10. The second-order valence-corrected chi connectivity index (χ2v) is 12.5. The number of non-ortho nitro benzene ring substituents is 4. The van der Waals surface area contributed by atoms with Crippen molar-refractivity contribution in [1.29, 1.82) is 0 Å². The van der Waals surface area contributed by atoms with E-state index in [-0.39, 0.29) is 22.7 Å². The second kappa shape index (κ2) is 13.9. The maximum atomic E-state index is 11.4. The lowest BCUT2D eigenvalue weighted by molar-refractivity contribution is -0.385. The number of fused-ring (bicyclic) bond motifs is 2. The number of hydrogen-bond donors (Lipinski definition) is 0. The minimum Gasteiger partial charge on any atom is -0.258 e. The fraction of sp³-hybridized carbons (Fsp3) is 0. The summed E-state index contributed by atoms with van der Waals surface area (Å²) in [7, 11) is 0. The van der Waals surface area contributed by atoms with E-state index in [9.17, 15) is 40.5 Å². The smallest absolute Gasteiger partial charge is 0.258 e. The van der Waals surface area contributed by atoms with E-state index < -0.39 is 19.7 Å². The van der Waals surface area contributed by atoms with Crippen molar-refractivity contribution < 1.29 is 19.7 Å². The molecule has 2 heterocycles. The van der Waals surface area contributed by atoms with Gasteiger partial charge in [0.25, 0.3) is 22.7 Å². The SMILES string of the molecule is O=[N+]([O-])c1ccc(-c2nc3ccc(-c4ccc5nc(-c6ccc([N+](=O)[O-])cc6)c(-c6ccc([N+](=O)[O-])cc6)nc5c4)cc3nc2-c2ccc([N+](=O)[O-])cc2)cc1. The molecule has 0 saturated carbocycles. The summed E-state index contributed by atoms with van der Waals surface area (Å²) in [6, 6.07) is 34.5. The molecule has 8 rings (SSSR count). The minimum absolute atomic E-state index is 0.0912. The maximum absolute atomic E-state index is 11.4. The molecule has 56 heavy (non-hydrogen) atoms. The van der Waals surface area contributed by atoms with Crippen molar-refractivity contribution in [2.75, 3.05) is 0 Å². The molecule has 0 saturated heterocycles. The molecule has 0 fully saturated rings. The number of nitrogens with zero attached hydrogens (tertiary/aromatic N) is 8. The van der Waals surface area contributed by atoms with Crippen LogP contribution in [0.1, 0.15) is 0 Å². The minimum atomic E-state index is -0.501. The van der Waals surface area contributed by atoms with E-state index in [1.807, 2.05) is 24.3 Å². The van der Waals surface area contributed by atoms with Crippen molar-refractivity contribution in [2.45, 2.75) is 0 Å². The largest absolute Gasteiger partial charge is 0.269 e. The van der Waals surface area contributed by atoms with Gasteiger partial charge in [-0.1, -0.05) is 12.1 Å². The number of nitro groups is 4. The summed E-state index contributed by atoms with van der Waals surface area (Å²) < 4.78 is 0. The first-order valence-corrected chi connectivity index (χ1v) is 16.7. The third kappa shape index (κ3) is 6.56. The first-order chi connectivity index (χ1) is 27.0. The fourth-order valence-electron chi connectivity index (χ4n) is 6.24. The van der Waals surface area contributed by atoms with Crippen molar-refractivity contribution in [3.63, 3.8) is 0 Å². The molecule has 0 amide bonds. The van der Waals surface area contributed by atoms with E-state index in [2.05, 4.69) is 0 Å². The molecule has 0 unspecified atom stereocenters. The molecule has 270 valence electrons. The molecule has 0 bridgehead atoms. The first-order valence-electron chi connectivity index (χ1n) is 16.7. The molecule has 16 nitrogen and oxygen atoms in total. The zero-order chi connectivity index (χ0) is 39.1. The van der Waals surface area contributed by atoms with E-state index in [1.54, 1.807) is 60.7 Å². The maximum Gasteiger partial charge on any atom is 0.269 e. The molecular formula is C40H22N8O8. The number of rotatable bonds is 9. The van der Waals surface area contributed by atoms with Crippen LogP contribution in [0.5, 0.6) is 0 Å². The van der Waals surface area contributed by atoms with Gasteiger partial charge in [0.1, 0.15) is 0 Å². The zero-order valence-corrected chi connectivity index (χ0v) is 28.5. The summed E-state index contributed by atoms with van der Waals surface area (Å²) in [6.07, 6.45) is 0. The highest BCUT2D eigenvalue weighted by Gasteiger charge is 2.19. The Kier molecular flexibility index (Phi) is 8.58. The first kappa shape index (κ1) is 34.7. The molecule has 0 aliphatic rings. The van der Waals surface area contributed by atoms with Gasteiger partial charge in [-0.15, -0.1) is 0 Å². The van der Waals surface area contributed by atoms with Gasteiger partial charge in [0, 0.05) is 70.8 Å². The van der Waals surface area contributed by atoms with Gasteiger partial charge < -0.3 is 0 Å². The van der Waals surface area contributed by atoms with Gasteiger partial charge in [0.2, 0.25) is 0 Å². The summed E-state index contributed by atoms with van der Waals surface area (Å²) in [4.78, 5) is 63.0. The Labute approximate surface area is 314 Å². The zero-order valence-electron chi connectivity index (χ0n) is 28.5. The Morgan fingerprint density at radius 2 is 0.500 bits per heavy atom. The topological polar surface area (TPSA) is 224 Å². The third-order valence-corrected chi connectivity index (χ3v) is 9.07. The molecule has 0 atom stereocenters. The number of aromatic nitrogens is 4. The Hall–Kier alpha value is -8.40. The van der Waals surface area contributed by atoms with Crippen LogP contribution in [-0.4, -0.2) is 39.6 Å². The summed E-state index contributed by atoms with van der Waals surface area (Å²) in [5.74, 6) is 0. The van der Waals surface area contributed by atoms with Crippen molar-refractivity contribution in [1.82, 2.24) is 19.9 Å². The average molecular weight is 743 g/mol. The van der Waals surface area contributed by atoms with Crippen LogP contribution in [0, 0.1) is 40.5 Å². The molecular weight excluding hydrogens is 720 g/mol. The number of hydrogen-bond acceptors (Lipinski definition) is 12. The van der Waals surface area contributed by atoms with Gasteiger partial charge >= 0.3 is 0 Å². The second-order valence-electron chi connectivity index (χ2n) is 12.5. The van der Waals surface area contributed by atoms with Gasteiger partial charge in [0.05, 0.1) is 64.5 Å². The molecule has 0 aliphatic carbocycles. The quantitative estimate of drug-likeness (QED) is 0.0995. The van der Waals surface area contributed by atoms with Crippen LogP contribution in [0.25, 0.3) is 78.2 Å². The Bertz CT molecular complexity index is 2700. The Morgan fingerprint density at radius 3 is 0.732 bits per heavy atom. The fourth-order valence-corrected chi connectivity index (χ4v) is 6.24. The molecule has 0 aliphatic heterocycles. The van der Waals surface area contributed by atoms with E-state index in [4.69, 9.17) is 19.9 Å². The van der Waals surface area contributed by atoms with Crippen molar-refractivity contribution in [3.8, 4) is 56.2 Å². The van der Waals surface area contributed by atoms with Crippen LogP contribution in [0.15, 0.2) is 133 Å². The van der Waals surface area contributed by atoms with E-state index in [1.165, 1.54) is 48.5 Å². The van der Waals surface area contributed by atoms with Gasteiger partial charge in [-0.05, 0) is 83.9 Å². The lowest BCUT2D eigenvalue weighted by atomic mass is 10.0. The van der Waals surface area contributed by atoms with Gasteiger partial charge in [-0.25, -0.2) is 19.9 Å². The van der Waals surface area contributed by atoms with E-state index >= 15 is 0 Å². The summed E-state index contributed by atoms with van der Waals surface area (Å²) in [6.45, 7) is 0. The van der Waals surface area contributed by atoms with Crippen LogP contribution in [0.4, 0.5) is 22.7 Å². The Balaban J connectivity index is 1.25.